The second-order valence-electron chi connectivity index (χ2n) is 22.0. The first kappa shape index (κ1) is 72.1. The van der Waals surface area contributed by atoms with Crippen LogP contribution in [0.5, 0.6) is 0 Å². The van der Waals surface area contributed by atoms with Crippen molar-refractivity contribution < 1.29 is 28.6 Å². The summed E-state index contributed by atoms with van der Waals surface area (Å²) in [5.74, 6) is -0.886. The third kappa shape index (κ3) is 61.8. The Kier molecular flexibility index (Phi) is 61.2. The Morgan fingerprint density at radius 3 is 0.813 bits per heavy atom. The molecule has 0 fully saturated rings. The maximum absolute atomic E-state index is 12.8. The van der Waals surface area contributed by atoms with Crippen molar-refractivity contribution in [1.82, 2.24) is 0 Å². The molecule has 0 aromatic carbocycles. The average molecular weight is 1050 g/mol. The first-order valence-electron chi connectivity index (χ1n) is 32.8. The van der Waals surface area contributed by atoms with Crippen molar-refractivity contribution in [3.8, 4) is 0 Å². The van der Waals surface area contributed by atoms with E-state index in [1.807, 2.05) is 0 Å². The molecule has 0 rings (SSSR count). The van der Waals surface area contributed by atoms with Gasteiger partial charge in [0.05, 0.1) is 0 Å². The molecule has 436 valence electrons. The summed E-state index contributed by atoms with van der Waals surface area (Å²) in [7, 11) is 0. The maximum atomic E-state index is 12.8. The highest BCUT2D eigenvalue weighted by atomic mass is 16.6. The molecule has 0 amide bonds. The summed E-state index contributed by atoms with van der Waals surface area (Å²) in [6.45, 7) is 6.48. The van der Waals surface area contributed by atoms with E-state index in [4.69, 9.17) is 14.2 Å². The van der Waals surface area contributed by atoms with E-state index in [1.165, 1.54) is 199 Å². The molecular weight excluding hydrogens is 925 g/mol. The number of carbonyl (C=O) groups is 3. The van der Waals surface area contributed by atoms with Gasteiger partial charge in [-0.1, -0.05) is 319 Å². The van der Waals surface area contributed by atoms with Gasteiger partial charge in [-0.2, -0.15) is 0 Å². The summed E-state index contributed by atoms with van der Waals surface area (Å²) >= 11 is 0. The van der Waals surface area contributed by atoms with Gasteiger partial charge in [0.2, 0.25) is 0 Å². The van der Waals surface area contributed by atoms with E-state index >= 15 is 0 Å². The minimum absolute atomic E-state index is 0.0759. The monoisotopic (exact) mass is 1050 g/mol. The lowest BCUT2D eigenvalue weighted by molar-refractivity contribution is -0.167. The Morgan fingerprint density at radius 2 is 0.520 bits per heavy atom. The standard InChI is InChI=1S/C69H124O6/c1-4-7-10-13-15-17-19-21-23-25-27-29-31-32-33-34-35-36-38-39-41-43-45-47-49-51-53-56-59-62-68(71)74-65-66(64-73-67(70)61-58-55-12-9-6-3)75-69(72)63-60-57-54-52-50-48-46-44-42-40-37-30-28-26-24-22-20-18-16-14-11-8-5-2/h8,11,16,18,22,24,28,30,40,42,66H,4-7,9-10,12-15,17,19-21,23,25-27,29,31-39,41,43-65H2,1-3H3/b11-8-,18-16-,24-22-,30-28-,42-40-. The number of ether oxygens (including phenoxy) is 3. The highest BCUT2D eigenvalue weighted by Crippen LogP contribution is 2.18. The Labute approximate surface area is 466 Å². The van der Waals surface area contributed by atoms with Crippen LogP contribution >= 0.6 is 0 Å². The predicted molar refractivity (Wildman–Crippen MR) is 325 cm³/mol. The van der Waals surface area contributed by atoms with Gasteiger partial charge in [0.15, 0.2) is 6.10 Å². The summed E-state index contributed by atoms with van der Waals surface area (Å²) in [6.07, 6.45) is 81.5. The summed E-state index contributed by atoms with van der Waals surface area (Å²) in [4.78, 5) is 37.9. The molecule has 75 heavy (non-hydrogen) atoms. The van der Waals surface area contributed by atoms with Gasteiger partial charge in [-0.25, -0.2) is 0 Å². The molecule has 6 heteroatoms. The predicted octanol–water partition coefficient (Wildman–Crippen LogP) is 22.3. The molecule has 0 aromatic rings. The average Bonchev–Trinajstić information content (AvgIpc) is 3.41. The van der Waals surface area contributed by atoms with E-state index in [-0.39, 0.29) is 31.1 Å². The molecule has 0 aliphatic carbocycles. The zero-order valence-corrected chi connectivity index (χ0v) is 50.1. The Hall–Kier alpha value is -2.89. The van der Waals surface area contributed by atoms with Crippen molar-refractivity contribution in [3.05, 3.63) is 60.8 Å². The maximum Gasteiger partial charge on any atom is 0.306 e. The number of rotatable bonds is 60. The second-order valence-corrected chi connectivity index (χ2v) is 22.0. The zero-order valence-electron chi connectivity index (χ0n) is 50.1. The highest BCUT2D eigenvalue weighted by Gasteiger charge is 2.19. The molecule has 1 atom stereocenters. The number of hydrogen-bond donors (Lipinski definition) is 0. The number of carbonyl (C=O) groups excluding carboxylic acids is 3. The summed E-state index contributed by atoms with van der Waals surface area (Å²) in [6, 6.07) is 0. The molecular formula is C69H124O6. The lowest BCUT2D eigenvalue weighted by Gasteiger charge is -2.18. The molecule has 0 heterocycles. The quantitative estimate of drug-likeness (QED) is 0.0261. The van der Waals surface area contributed by atoms with Gasteiger partial charge in [-0.3, -0.25) is 14.4 Å². The van der Waals surface area contributed by atoms with Gasteiger partial charge in [0.25, 0.3) is 0 Å². The molecule has 0 spiro atoms. The van der Waals surface area contributed by atoms with Crippen LogP contribution in [0.2, 0.25) is 0 Å². The van der Waals surface area contributed by atoms with Crippen LogP contribution in [0.4, 0.5) is 0 Å². The third-order valence-corrected chi connectivity index (χ3v) is 14.5. The van der Waals surface area contributed by atoms with Crippen LogP contribution in [0.15, 0.2) is 60.8 Å². The van der Waals surface area contributed by atoms with Crippen LogP contribution in [-0.2, 0) is 28.6 Å². The number of unbranched alkanes of at least 4 members (excludes halogenated alkanes) is 39. The molecule has 6 nitrogen and oxygen atoms in total. The van der Waals surface area contributed by atoms with Gasteiger partial charge in [0, 0.05) is 19.3 Å². The number of esters is 3. The lowest BCUT2D eigenvalue weighted by Crippen LogP contribution is -2.30. The normalized spacial score (nSPS) is 12.4. The Balaban J connectivity index is 3.99. The molecule has 0 aliphatic heterocycles. The van der Waals surface area contributed by atoms with Gasteiger partial charge >= 0.3 is 17.9 Å². The molecule has 0 bridgehead atoms. The van der Waals surface area contributed by atoms with Crippen molar-refractivity contribution in [2.45, 2.75) is 348 Å². The summed E-state index contributed by atoms with van der Waals surface area (Å²) < 4.78 is 16.8. The minimum Gasteiger partial charge on any atom is -0.462 e. The highest BCUT2D eigenvalue weighted by molar-refractivity contribution is 5.71. The van der Waals surface area contributed by atoms with Crippen molar-refractivity contribution >= 4 is 17.9 Å². The fourth-order valence-corrected chi connectivity index (χ4v) is 9.65. The van der Waals surface area contributed by atoms with E-state index in [2.05, 4.69) is 81.5 Å². The van der Waals surface area contributed by atoms with Crippen molar-refractivity contribution in [2.75, 3.05) is 13.2 Å². The van der Waals surface area contributed by atoms with Gasteiger partial charge in [-0.05, 0) is 64.2 Å². The fraction of sp³-hybridized carbons (Fsp3) is 0.812. The van der Waals surface area contributed by atoms with Gasteiger partial charge in [-0.15, -0.1) is 0 Å². The van der Waals surface area contributed by atoms with Gasteiger partial charge < -0.3 is 14.2 Å². The van der Waals surface area contributed by atoms with E-state index in [9.17, 15) is 14.4 Å². The molecule has 0 saturated carbocycles. The van der Waals surface area contributed by atoms with E-state index in [0.717, 1.165) is 103 Å². The van der Waals surface area contributed by atoms with Crippen LogP contribution in [0.3, 0.4) is 0 Å². The molecule has 0 saturated heterocycles. The fourth-order valence-electron chi connectivity index (χ4n) is 9.65. The molecule has 0 aliphatic rings. The van der Waals surface area contributed by atoms with Crippen LogP contribution < -0.4 is 0 Å². The second kappa shape index (κ2) is 63.6. The minimum atomic E-state index is -0.776. The van der Waals surface area contributed by atoms with Crippen LogP contribution in [0.25, 0.3) is 0 Å². The van der Waals surface area contributed by atoms with E-state index in [0.29, 0.717) is 19.3 Å². The summed E-state index contributed by atoms with van der Waals surface area (Å²) in [5.41, 5.74) is 0. The topological polar surface area (TPSA) is 78.9 Å². The Bertz CT molecular complexity index is 1340. The van der Waals surface area contributed by atoms with Crippen molar-refractivity contribution in [3.63, 3.8) is 0 Å². The third-order valence-electron chi connectivity index (χ3n) is 14.5. The largest absolute Gasteiger partial charge is 0.462 e. The Morgan fingerprint density at radius 1 is 0.280 bits per heavy atom. The van der Waals surface area contributed by atoms with E-state index in [1.54, 1.807) is 0 Å². The number of allylic oxidation sites excluding steroid dienone is 10. The zero-order chi connectivity index (χ0) is 54.3. The SMILES string of the molecule is CC/C=C\C/C=C\C/C=C\C/C=C\C/C=C\CCCCCCCCCC(=O)OC(COC(=O)CCCCCCC)COC(=O)CCCCCCCCCCCCCCCCCCCCCCCCCCCCCCC. The first-order chi connectivity index (χ1) is 37.0. The van der Waals surface area contributed by atoms with Crippen LogP contribution in [0, 0.1) is 0 Å². The van der Waals surface area contributed by atoms with E-state index < -0.39 is 6.10 Å². The van der Waals surface area contributed by atoms with Crippen LogP contribution in [-0.4, -0.2) is 37.2 Å². The van der Waals surface area contributed by atoms with Crippen molar-refractivity contribution in [1.29, 1.82) is 0 Å². The summed E-state index contributed by atoms with van der Waals surface area (Å²) in [5, 5.41) is 0. The lowest BCUT2D eigenvalue weighted by atomic mass is 10.0. The molecule has 0 N–H and O–H groups in total. The van der Waals surface area contributed by atoms with Crippen molar-refractivity contribution in [2.24, 2.45) is 0 Å². The molecule has 0 aromatic heterocycles. The smallest absolute Gasteiger partial charge is 0.306 e. The molecule has 0 radical (unpaired) electrons. The number of hydrogen-bond acceptors (Lipinski definition) is 6. The van der Waals surface area contributed by atoms with Crippen LogP contribution in [0.1, 0.15) is 342 Å². The first-order valence-corrected chi connectivity index (χ1v) is 32.8. The van der Waals surface area contributed by atoms with Gasteiger partial charge in [0.1, 0.15) is 13.2 Å². The molecule has 1 unspecified atom stereocenters.